The predicted octanol–water partition coefficient (Wildman–Crippen LogP) is 2.26. The van der Waals surface area contributed by atoms with Crippen LogP contribution in [0.2, 0.25) is 0 Å². The fourth-order valence-corrected chi connectivity index (χ4v) is 2.33. The first kappa shape index (κ1) is 16.8. The molecular formula is C14H21FN2O2S. The third-order valence-electron chi connectivity index (χ3n) is 2.96. The lowest BCUT2D eigenvalue weighted by atomic mass is 10.1. The molecular weight excluding hydrogens is 279 g/mol. The number of hydrogen-bond donors (Lipinski definition) is 3. The predicted molar refractivity (Wildman–Crippen MR) is 80.2 cm³/mol. The van der Waals surface area contributed by atoms with E-state index in [-0.39, 0.29) is 24.5 Å². The molecule has 1 aromatic carbocycles. The van der Waals surface area contributed by atoms with Gasteiger partial charge in [0, 0.05) is 12.3 Å². The third-order valence-corrected chi connectivity index (χ3v) is 3.56. The number of aliphatic hydroxyl groups is 1. The molecule has 1 aromatic rings. The molecule has 20 heavy (non-hydrogen) atoms. The Morgan fingerprint density at radius 3 is 2.80 bits per heavy atom. The molecule has 0 bridgehead atoms. The monoisotopic (exact) mass is 300 g/mol. The summed E-state index contributed by atoms with van der Waals surface area (Å²) in [6, 6.07) is 4.00. The molecule has 1 rings (SSSR count). The van der Waals surface area contributed by atoms with E-state index in [2.05, 4.69) is 10.6 Å². The molecule has 0 heterocycles. The highest BCUT2D eigenvalue weighted by atomic mass is 32.2. The summed E-state index contributed by atoms with van der Waals surface area (Å²) < 4.78 is 13.2. The molecule has 0 aliphatic carbocycles. The molecule has 4 nitrogen and oxygen atoms in total. The standard InChI is InChI=1S/C14H21FN2O2S/c1-3-13(8-18)17-14(19)16-7-10-4-5-12(15)6-11(10)9-20-2/h4-6,13,18H,3,7-9H2,1-2H3,(H2,16,17,19). The van der Waals surface area contributed by atoms with Crippen LogP contribution in [0.3, 0.4) is 0 Å². The summed E-state index contributed by atoms with van der Waals surface area (Å²) in [4.78, 5) is 11.7. The quantitative estimate of drug-likeness (QED) is 0.724. The summed E-state index contributed by atoms with van der Waals surface area (Å²) in [5, 5.41) is 14.4. The summed E-state index contributed by atoms with van der Waals surface area (Å²) in [7, 11) is 0. The Morgan fingerprint density at radius 1 is 1.45 bits per heavy atom. The van der Waals surface area contributed by atoms with Gasteiger partial charge < -0.3 is 15.7 Å². The van der Waals surface area contributed by atoms with E-state index in [0.717, 1.165) is 11.1 Å². The zero-order valence-electron chi connectivity index (χ0n) is 11.8. The zero-order valence-corrected chi connectivity index (χ0v) is 12.6. The molecule has 3 N–H and O–H groups in total. The van der Waals surface area contributed by atoms with Gasteiger partial charge in [-0.2, -0.15) is 11.8 Å². The van der Waals surface area contributed by atoms with Crippen molar-refractivity contribution in [2.24, 2.45) is 0 Å². The van der Waals surface area contributed by atoms with Crippen LogP contribution in [0.4, 0.5) is 9.18 Å². The van der Waals surface area contributed by atoms with Crippen molar-refractivity contribution in [3.63, 3.8) is 0 Å². The first-order chi connectivity index (χ1) is 9.60. The minimum atomic E-state index is -0.328. The minimum Gasteiger partial charge on any atom is -0.394 e. The Balaban J connectivity index is 2.58. The molecule has 0 aromatic heterocycles. The Bertz CT molecular complexity index is 439. The number of carbonyl (C=O) groups excluding carboxylic acids is 1. The molecule has 0 fully saturated rings. The van der Waals surface area contributed by atoms with Crippen LogP contribution < -0.4 is 10.6 Å². The number of rotatable bonds is 7. The maximum Gasteiger partial charge on any atom is 0.315 e. The SMILES string of the molecule is CCC(CO)NC(=O)NCc1ccc(F)cc1CSC. The number of carbonyl (C=O) groups is 1. The largest absolute Gasteiger partial charge is 0.394 e. The Labute approximate surface area is 123 Å². The first-order valence-electron chi connectivity index (χ1n) is 6.52. The lowest BCUT2D eigenvalue weighted by Gasteiger charge is -2.15. The average Bonchev–Trinajstić information content (AvgIpc) is 2.44. The second-order valence-electron chi connectivity index (χ2n) is 4.46. The van der Waals surface area contributed by atoms with Gasteiger partial charge in [0.25, 0.3) is 0 Å². The van der Waals surface area contributed by atoms with Crippen LogP contribution in [0.1, 0.15) is 24.5 Å². The number of nitrogens with one attached hydrogen (secondary N) is 2. The van der Waals surface area contributed by atoms with Crippen LogP contribution in [0, 0.1) is 5.82 Å². The summed E-state index contributed by atoms with van der Waals surface area (Å²) >= 11 is 1.60. The van der Waals surface area contributed by atoms with Crippen molar-refractivity contribution in [2.75, 3.05) is 12.9 Å². The van der Waals surface area contributed by atoms with E-state index in [9.17, 15) is 9.18 Å². The Hall–Kier alpha value is -1.27. The highest BCUT2D eigenvalue weighted by Crippen LogP contribution is 2.16. The molecule has 2 amide bonds. The maximum absolute atomic E-state index is 13.2. The molecule has 0 saturated heterocycles. The smallest absolute Gasteiger partial charge is 0.315 e. The van der Waals surface area contributed by atoms with E-state index in [4.69, 9.17) is 5.11 Å². The van der Waals surface area contributed by atoms with Gasteiger partial charge in [-0.25, -0.2) is 9.18 Å². The molecule has 0 spiro atoms. The number of aliphatic hydroxyl groups excluding tert-OH is 1. The topological polar surface area (TPSA) is 61.4 Å². The second kappa shape index (κ2) is 8.81. The van der Waals surface area contributed by atoms with Crippen LogP contribution in [0.5, 0.6) is 0 Å². The fourth-order valence-electron chi connectivity index (χ4n) is 1.75. The normalized spacial score (nSPS) is 12.0. The summed E-state index contributed by atoms with van der Waals surface area (Å²) in [6.07, 6.45) is 2.61. The van der Waals surface area contributed by atoms with E-state index >= 15 is 0 Å². The van der Waals surface area contributed by atoms with Gasteiger partial charge >= 0.3 is 6.03 Å². The summed E-state index contributed by atoms with van der Waals surface area (Å²) in [5.41, 5.74) is 1.78. The third kappa shape index (κ3) is 5.38. The summed E-state index contributed by atoms with van der Waals surface area (Å²) in [5.74, 6) is 0.429. The van der Waals surface area contributed by atoms with Gasteiger partial charge in [0.1, 0.15) is 5.82 Å². The molecule has 112 valence electrons. The van der Waals surface area contributed by atoms with Crippen molar-refractivity contribution >= 4 is 17.8 Å². The average molecular weight is 300 g/mol. The van der Waals surface area contributed by atoms with Crippen molar-refractivity contribution in [1.82, 2.24) is 10.6 Å². The molecule has 1 atom stereocenters. The van der Waals surface area contributed by atoms with E-state index in [1.54, 1.807) is 17.8 Å². The van der Waals surface area contributed by atoms with Crippen molar-refractivity contribution in [3.05, 3.63) is 35.1 Å². The van der Waals surface area contributed by atoms with E-state index in [1.807, 2.05) is 13.2 Å². The summed E-state index contributed by atoms with van der Waals surface area (Å²) in [6.45, 7) is 2.14. The van der Waals surface area contributed by atoms with Crippen LogP contribution in [-0.2, 0) is 12.3 Å². The molecule has 0 radical (unpaired) electrons. The lowest BCUT2D eigenvalue weighted by molar-refractivity contribution is 0.214. The number of thioether (sulfide) groups is 1. The van der Waals surface area contributed by atoms with Gasteiger partial charge in [0.05, 0.1) is 12.6 Å². The van der Waals surface area contributed by atoms with Gasteiger partial charge in [-0.05, 0) is 35.9 Å². The number of hydrogen-bond acceptors (Lipinski definition) is 3. The number of urea groups is 1. The van der Waals surface area contributed by atoms with Gasteiger partial charge in [0.2, 0.25) is 0 Å². The molecule has 1 unspecified atom stereocenters. The van der Waals surface area contributed by atoms with E-state index < -0.39 is 0 Å². The van der Waals surface area contributed by atoms with Crippen LogP contribution in [0.15, 0.2) is 18.2 Å². The maximum atomic E-state index is 13.2. The Morgan fingerprint density at radius 2 is 2.20 bits per heavy atom. The van der Waals surface area contributed by atoms with Gasteiger partial charge in [-0.3, -0.25) is 0 Å². The van der Waals surface area contributed by atoms with Crippen LogP contribution in [0.25, 0.3) is 0 Å². The number of amides is 2. The molecule has 6 heteroatoms. The minimum absolute atomic E-state index is 0.0851. The number of halogens is 1. The molecule has 0 saturated carbocycles. The second-order valence-corrected chi connectivity index (χ2v) is 5.33. The first-order valence-corrected chi connectivity index (χ1v) is 7.91. The van der Waals surface area contributed by atoms with Crippen LogP contribution >= 0.6 is 11.8 Å². The van der Waals surface area contributed by atoms with Crippen molar-refractivity contribution in [3.8, 4) is 0 Å². The highest BCUT2D eigenvalue weighted by Gasteiger charge is 2.10. The van der Waals surface area contributed by atoms with Crippen molar-refractivity contribution in [2.45, 2.75) is 31.7 Å². The lowest BCUT2D eigenvalue weighted by Crippen LogP contribution is -2.43. The Kier molecular flexibility index (Phi) is 7.40. The van der Waals surface area contributed by atoms with Gasteiger partial charge in [-0.1, -0.05) is 13.0 Å². The molecule has 0 aliphatic heterocycles. The van der Waals surface area contributed by atoms with Crippen LogP contribution in [-0.4, -0.2) is 30.0 Å². The van der Waals surface area contributed by atoms with Crippen molar-refractivity contribution in [1.29, 1.82) is 0 Å². The van der Waals surface area contributed by atoms with Gasteiger partial charge in [0.15, 0.2) is 0 Å². The molecule has 0 aliphatic rings. The van der Waals surface area contributed by atoms with E-state index in [0.29, 0.717) is 18.7 Å². The van der Waals surface area contributed by atoms with E-state index in [1.165, 1.54) is 12.1 Å². The number of benzene rings is 1. The highest BCUT2D eigenvalue weighted by molar-refractivity contribution is 7.97. The zero-order chi connectivity index (χ0) is 15.0. The van der Waals surface area contributed by atoms with Crippen molar-refractivity contribution < 1.29 is 14.3 Å². The van der Waals surface area contributed by atoms with Gasteiger partial charge in [-0.15, -0.1) is 0 Å². The fraction of sp³-hybridized carbons (Fsp3) is 0.500.